The Morgan fingerprint density at radius 2 is 0.773 bits per heavy atom. The van der Waals surface area contributed by atoms with E-state index in [2.05, 4.69) is 140 Å². The van der Waals surface area contributed by atoms with Gasteiger partial charge in [-0.1, -0.05) is 133 Å². The van der Waals surface area contributed by atoms with E-state index in [0.717, 1.165) is 10.9 Å². The van der Waals surface area contributed by atoms with Crippen molar-refractivity contribution in [2.24, 2.45) is 0 Å². The lowest BCUT2D eigenvalue weighted by molar-refractivity contribution is 1.51. The molecule has 0 N–H and O–H groups in total. The van der Waals surface area contributed by atoms with E-state index in [4.69, 9.17) is 0 Å². The quantitative estimate of drug-likeness (QED) is 0.154. The van der Waals surface area contributed by atoms with E-state index in [-0.39, 0.29) is 0 Å². The smallest absolute Gasteiger partial charge is 0.0998 e. The van der Waals surface area contributed by atoms with Crippen LogP contribution in [0.5, 0.6) is 0 Å². The minimum atomic E-state index is 0.724. The second-order valence-electron chi connectivity index (χ2n) is 11.8. The summed E-state index contributed by atoms with van der Waals surface area (Å²) in [4.78, 5) is 0. The van der Waals surface area contributed by atoms with Crippen LogP contribution in [-0.2, 0) is 0 Å². The van der Waals surface area contributed by atoms with Gasteiger partial charge in [0.1, 0.15) is 0 Å². The van der Waals surface area contributed by atoms with E-state index in [9.17, 15) is 5.26 Å². The van der Waals surface area contributed by atoms with Crippen molar-refractivity contribution in [3.63, 3.8) is 0 Å². The van der Waals surface area contributed by atoms with Crippen LogP contribution < -0.4 is 0 Å². The maximum atomic E-state index is 9.91. The summed E-state index contributed by atoms with van der Waals surface area (Å²) in [5, 5.41) is 22.2. The van der Waals surface area contributed by atoms with Crippen LogP contribution >= 0.6 is 0 Å². The van der Waals surface area contributed by atoms with Crippen molar-refractivity contribution >= 4 is 53.9 Å². The fourth-order valence-electron chi connectivity index (χ4n) is 8.10. The van der Waals surface area contributed by atoms with Crippen molar-refractivity contribution in [3.05, 3.63) is 145 Å². The number of nitriles is 1. The monoisotopic (exact) mass is 553 g/mol. The predicted octanol–water partition coefficient (Wildman–Crippen LogP) is 11.7. The molecular formula is C43H23N. The Morgan fingerprint density at radius 1 is 0.318 bits per heavy atom. The Labute approximate surface area is 254 Å². The van der Waals surface area contributed by atoms with E-state index in [0.29, 0.717) is 0 Å². The molecule has 44 heavy (non-hydrogen) atoms. The second kappa shape index (κ2) is 8.54. The Bertz CT molecular complexity index is 2550. The summed E-state index contributed by atoms with van der Waals surface area (Å²) in [6.07, 6.45) is 0. The average Bonchev–Trinajstić information content (AvgIpc) is 3.42. The Balaban J connectivity index is 1.46. The highest BCUT2D eigenvalue weighted by Crippen LogP contribution is 2.59. The number of nitrogens with zero attached hydrogens (tertiary/aromatic N) is 1. The van der Waals surface area contributed by atoms with Crippen LogP contribution in [0.4, 0.5) is 0 Å². The molecule has 0 atom stereocenters. The summed E-state index contributed by atoms with van der Waals surface area (Å²) in [7, 11) is 0. The molecule has 9 aromatic rings. The molecule has 0 heterocycles. The van der Waals surface area contributed by atoms with Crippen LogP contribution in [0, 0.1) is 11.3 Å². The third-order valence-electron chi connectivity index (χ3n) is 9.78. The Hall–Kier alpha value is -5.97. The third-order valence-corrected chi connectivity index (χ3v) is 9.78. The standard InChI is InChI=1S/C43H23N/c44-24-27-18-19-32-34-21-23-36-41-35(22-20-33(40(34)41)31-17-9-16-28(27)39(31)32)42-37(25-10-3-1-4-11-25)29-14-7-8-15-30(29)38(43(36)42)26-12-5-2-6-13-26/h1-23H. The van der Waals surface area contributed by atoms with Crippen molar-refractivity contribution in [1.29, 1.82) is 5.26 Å². The molecule has 0 spiro atoms. The van der Waals surface area contributed by atoms with E-state index >= 15 is 0 Å². The zero-order valence-electron chi connectivity index (χ0n) is 23.7. The minimum absolute atomic E-state index is 0.724. The Morgan fingerprint density at radius 3 is 1.34 bits per heavy atom. The van der Waals surface area contributed by atoms with E-state index in [1.807, 2.05) is 6.07 Å². The van der Waals surface area contributed by atoms with E-state index < -0.39 is 0 Å². The van der Waals surface area contributed by atoms with E-state index in [1.54, 1.807) is 0 Å². The summed E-state index contributed by atoms with van der Waals surface area (Å²) in [5.74, 6) is 0. The molecule has 1 aliphatic rings. The van der Waals surface area contributed by atoms with Gasteiger partial charge < -0.3 is 0 Å². The molecule has 0 bridgehead atoms. The van der Waals surface area contributed by atoms with Gasteiger partial charge in [0.25, 0.3) is 0 Å². The fourth-order valence-corrected chi connectivity index (χ4v) is 8.10. The normalized spacial score (nSPS) is 12.1. The first-order chi connectivity index (χ1) is 21.8. The first-order valence-electron chi connectivity index (χ1n) is 15.1. The molecule has 1 nitrogen and oxygen atoms in total. The van der Waals surface area contributed by atoms with Gasteiger partial charge in [0.05, 0.1) is 11.6 Å². The molecule has 10 rings (SSSR count). The topological polar surface area (TPSA) is 23.8 Å². The summed E-state index contributed by atoms with van der Waals surface area (Å²) in [6.45, 7) is 0. The number of hydrogen-bond acceptors (Lipinski definition) is 1. The van der Waals surface area contributed by atoms with Gasteiger partial charge in [0.15, 0.2) is 0 Å². The maximum absolute atomic E-state index is 9.91. The molecule has 9 aromatic carbocycles. The zero-order valence-corrected chi connectivity index (χ0v) is 23.7. The second-order valence-corrected chi connectivity index (χ2v) is 11.8. The lowest BCUT2D eigenvalue weighted by atomic mass is 9.82. The molecule has 0 saturated heterocycles. The van der Waals surface area contributed by atoms with E-state index in [1.165, 1.54) is 93.0 Å². The van der Waals surface area contributed by atoms with Crippen molar-refractivity contribution < 1.29 is 0 Å². The van der Waals surface area contributed by atoms with Crippen LogP contribution in [0.15, 0.2) is 140 Å². The van der Waals surface area contributed by atoms with Gasteiger partial charge in [0.2, 0.25) is 0 Å². The third kappa shape index (κ3) is 2.87. The molecule has 0 saturated carbocycles. The predicted molar refractivity (Wildman–Crippen MR) is 185 cm³/mol. The van der Waals surface area contributed by atoms with Crippen LogP contribution in [0.25, 0.3) is 98.4 Å². The largest absolute Gasteiger partial charge is 0.192 e. The van der Waals surface area contributed by atoms with Crippen LogP contribution in [0.3, 0.4) is 0 Å². The van der Waals surface area contributed by atoms with Crippen molar-refractivity contribution in [2.45, 2.75) is 0 Å². The summed E-state index contributed by atoms with van der Waals surface area (Å²) >= 11 is 0. The summed E-state index contributed by atoms with van der Waals surface area (Å²) in [6, 6.07) is 53.0. The lowest BCUT2D eigenvalue weighted by Crippen LogP contribution is -1.93. The number of benzene rings is 9. The zero-order chi connectivity index (χ0) is 28.9. The molecule has 200 valence electrons. The van der Waals surface area contributed by atoms with Crippen LogP contribution in [0.2, 0.25) is 0 Å². The molecular weight excluding hydrogens is 530 g/mol. The molecule has 1 aliphatic carbocycles. The van der Waals surface area contributed by atoms with Gasteiger partial charge in [-0.3, -0.25) is 0 Å². The van der Waals surface area contributed by atoms with Crippen LogP contribution in [0.1, 0.15) is 5.56 Å². The van der Waals surface area contributed by atoms with Gasteiger partial charge in [-0.2, -0.15) is 5.26 Å². The molecule has 1 heteroatoms. The molecule has 0 unspecified atom stereocenters. The highest BCUT2D eigenvalue weighted by atomic mass is 14.3. The first kappa shape index (κ1) is 23.6. The van der Waals surface area contributed by atoms with Gasteiger partial charge in [0, 0.05) is 5.39 Å². The van der Waals surface area contributed by atoms with Gasteiger partial charge in [-0.25, -0.2) is 0 Å². The lowest BCUT2D eigenvalue weighted by Gasteiger charge is -2.20. The molecule has 0 amide bonds. The molecule has 0 radical (unpaired) electrons. The van der Waals surface area contributed by atoms with Crippen LogP contribution in [-0.4, -0.2) is 0 Å². The fraction of sp³-hybridized carbons (Fsp3) is 0. The van der Waals surface area contributed by atoms with Crippen molar-refractivity contribution in [2.75, 3.05) is 0 Å². The highest BCUT2D eigenvalue weighted by Gasteiger charge is 2.32. The maximum Gasteiger partial charge on any atom is 0.0998 e. The van der Waals surface area contributed by atoms with Gasteiger partial charge in [-0.15, -0.1) is 0 Å². The molecule has 0 aromatic heterocycles. The number of fused-ring (bicyclic) bond motifs is 6. The molecule has 0 aliphatic heterocycles. The van der Waals surface area contributed by atoms with Crippen molar-refractivity contribution in [3.8, 4) is 50.6 Å². The Kier molecular flexibility index (Phi) is 4.58. The van der Waals surface area contributed by atoms with Gasteiger partial charge >= 0.3 is 0 Å². The highest BCUT2D eigenvalue weighted by molar-refractivity contribution is 6.39. The average molecular weight is 554 g/mol. The summed E-state index contributed by atoms with van der Waals surface area (Å²) < 4.78 is 0. The minimum Gasteiger partial charge on any atom is -0.192 e. The first-order valence-corrected chi connectivity index (χ1v) is 15.1. The summed E-state index contributed by atoms with van der Waals surface area (Å²) in [5.41, 5.74) is 11.0. The molecule has 0 fully saturated rings. The van der Waals surface area contributed by atoms with Crippen molar-refractivity contribution in [1.82, 2.24) is 0 Å². The SMILES string of the molecule is N#Cc1ccc2c3ccc4c5c(ccc(c6cccc1c62)c53)-c1c-4c(-c2ccccc2)c2ccccc2c1-c1ccccc1. The van der Waals surface area contributed by atoms with Gasteiger partial charge in [-0.05, 0) is 99.0 Å². The number of hydrogen-bond donors (Lipinski definition) is 0. The number of rotatable bonds is 2.